The van der Waals surface area contributed by atoms with Gasteiger partial charge in [0.25, 0.3) is 5.91 Å². The lowest BCUT2D eigenvalue weighted by atomic mass is 9.77. The number of amides is 2. The Morgan fingerprint density at radius 2 is 2.08 bits per heavy atom. The summed E-state index contributed by atoms with van der Waals surface area (Å²) in [4.78, 5) is 30.4. The molecule has 2 amide bonds. The lowest BCUT2D eigenvalue weighted by Crippen LogP contribution is -2.42. The monoisotopic (exact) mass is 355 g/mol. The Bertz CT molecular complexity index is 851. The average Bonchev–Trinajstić information content (AvgIpc) is 3.19. The number of H-pyrrole nitrogens is 1. The Kier molecular flexibility index (Phi) is 4.17. The average molecular weight is 355 g/mol. The van der Waals surface area contributed by atoms with Crippen LogP contribution in [-0.4, -0.2) is 51.0 Å². The zero-order valence-electron chi connectivity index (χ0n) is 15.3. The minimum atomic E-state index is -0.0665. The van der Waals surface area contributed by atoms with Crippen molar-refractivity contribution in [3.63, 3.8) is 0 Å². The molecule has 7 heteroatoms. The fourth-order valence-corrected chi connectivity index (χ4v) is 4.49. The quantitative estimate of drug-likeness (QED) is 0.864. The molecule has 2 aliphatic rings. The largest absolute Gasteiger partial charge is 0.349 e. The van der Waals surface area contributed by atoms with E-state index in [0.29, 0.717) is 11.2 Å². The Balaban J connectivity index is 1.39. The topological polar surface area (TPSA) is 91.0 Å². The molecule has 2 aromatic heterocycles. The van der Waals surface area contributed by atoms with Crippen LogP contribution in [0.5, 0.6) is 0 Å². The van der Waals surface area contributed by atoms with Gasteiger partial charge in [0.1, 0.15) is 0 Å². The molecule has 1 atom stereocenters. The van der Waals surface area contributed by atoms with Gasteiger partial charge in [-0.05, 0) is 50.5 Å². The number of hydrogen-bond donors (Lipinski definition) is 2. The van der Waals surface area contributed by atoms with E-state index in [4.69, 9.17) is 0 Å². The molecule has 3 heterocycles. The number of aromatic amines is 1. The molecular weight excluding hydrogens is 330 g/mol. The maximum Gasteiger partial charge on any atom is 0.253 e. The van der Waals surface area contributed by atoms with Crippen molar-refractivity contribution in [2.24, 2.45) is 5.41 Å². The van der Waals surface area contributed by atoms with Gasteiger partial charge in [-0.15, -0.1) is 0 Å². The number of carbonyl (C=O) groups is 2. The SMILES string of the molecule is CC(=O)N1CCC2(CCC(NC(=O)c3cnc4n[nH]c(C)c4c3)C2)CC1. The zero-order valence-corrected chi connectivity index (χ0v) is 15.3. The summed E-state index contributed by atoms with van der Waals surface area (Å²) in [5, 5.41) is 11.1. The van der Waals surface area contributed by atoms with Gasteiger partial charge < -0.3 is 10.2 Å². The number of nitrogens with one attached hydrogen (secondary N) is 2. The van der Waals surface area contributed by atoms with Crippen LogP contribution in [0.1, 0.15) is 55.1 Å². The highest BCUT2D eigenvalue weighted by Gasteiger charge is 2.42. The first-order valence-electron chi connectivity index (χ1n) is 9.33. The number of aromatic nitrogens is 3. The van der Waals surface area contributed by atoms with E-state index in [1.165, 1.54) is 0 Å². The second kappa shape index (κ2) is 6.37. The second-order valence-corrected chi connectivity index (χ2v) is 7.86. The van der Waals surface area contributed by atoms with Crippen LogP contribution in [0.2, 0.25) is 0 Å². The molecule has 7 nitrogen and oxygen atoms in total. The highest BCUT2D eigenvalue weighted by Crippen LogP contribution is 2.46. The lowest BCUT2D eigenvalue weighted by Gasteiger charge is -2.39. The molecule has 1 aliphatic heterocycles. The lowest BCUT2D eigenvalue weighted by molar-refractivity contribution is -0.131. The summed E-state index contributed by atoms with van der Waals surface area (Å²) in [6.07, 6.45) is 6.81. The van der Waals surface area contributed by atoms with Crippen LogP contribution >= 0.6 is 0 Å². The molecule has 1 spiro atoms. The van der Waals surface area contributed by atoms with Crippen LogP contribution in [0.15, 0.2) is 12.3 Å². The molecule has 1 saturated heterocycles. The van der Waals surface area contributed by atoms with Crippen molar-refractivity contribution in [2.45, 2.75) is 52.0 Å². The minimum absolute atomic E-state index is 0.0665. The number of carbonyl (C=O) groups excluding carboxylic acids is 2. The Morgan fingerprint density at radius 3 is 2.81 bits per heavy atom. The van der Waals surface area contributed by atoms with Crippen molar-refractivity contribution in [2.75, 3.05) is 13.1 Å². The summed E-state index contributed by atoms with van der Waals surface area (Å²) in [5.74, 6) is 0.100. The number of hydrogen-bond acceptors (Lipinski definition) is 4. The van der Waals surface area contributed by atoms with E-state index in [0.717, 1.165) is 56.3 Å². The summed E-state index contributed by atoms with van der Waals surface area (Å²) in [7, 11) is 0. The van der Waals surface area contributed by atoms with Crippen molar-refractivity contribution < 1.29 is 9.59 Å². The molecule has 2 aromatic rings. The van der Waals surface area contributed by atoms with E-state index in [-0.39, 0.29) is 23.3 Å². The van der Waals surface area contributed by atoms with Gasteiger partial charge in [-0.1, -0.05) is 0 Å². The van der Waals surface area contributed by atoms with Crippen molar-refractivity contribution in [3.05, 3.63) is 23.5 Å². The predicted molar refractivity (Wildman–Crippen MR) is 97.7 cm³/mol. The van der Waals surface area contributed by atoms with E-state index in [1.807, 2.05) is 17.9 Å². The first-order chi connectivity index (χ1) is 12.5. The standard InChI is InChI=1S/C19H25N5O2/c1-12-16-9-14(11-20-17(16)23-22-12)18(26)21-15-3-4-19(10-15)5-7-24(8-6-19)13(2)25/h9,11,15H,3-8,10H2,1-2H3,(H,21,26)(H,20,22,23). The number of piperidine rings is 1. The van der Waals surface area contributed by atoms with Crippen molar-refractivity contribution in [1.82, 2.24) is 25.4 Å². The van der Waals surface area contributed by atoms with Crippen LogP contribution in [0.25, 0.3) is 11.0 Å². The Morgan fingerprint density at radius 1 is 1.31 bits per heavy atom. The van der Waals surface area contributed by atoms with E-state index < -0.39 is 0 Å². The molecule has 4 rings (SSSR count). The van der Waals surface area contributed by atoms with Gasteiger partial charge in [0.15, 0.2) is 5.65 Å². The molecule has 0 radical (unpaired) electrons. The number of likely N-dealkylation sites (tertiary alicyclic amines) is 1. The molecule has 26 heavy (non-hydrogen) atoms. The molecule has 138 valence electrons. The van der Waals surface area contributed by atoms with Crippen LogP contribution in [0, 0.1) is 12.3 Å². The number of aryl methyl sites for hydroxylation is 1. The van der Waals surface area contributed by atoms with E-state index in [9.17, 15) is 9.59 Å². The number of fused-ring (bicyclic) bond motifs is 1. The van der Waals surface area contributed by atoms with Crippen LogP contribution in [-0.2, 0) is 4.79 Å². The smallest absolute Gasteiger partial charge is 0.253 e. The number of rotatable bonds is 2. The molecule has 1 saturated carbocycles. The predicted octanol–water partition coefficient (Wildman–Crippen LogP) is 2.18. The Hall–Kier alpha value is -2.44. The third-order valence-electron chi connectivity index (χ3n) is 6.17. The summed E-state index contributed by atoms with van der Waals surface area (Å²) in [6, 6.07) is 2.06. The summed E-state index contributed by atoms with van der Waals surface area (Å²) in [5.41, 5.74) is 2.41. The Labute approximate surface area is 152 Å². The van der Waals surface area contributed by atoms with Gasteiger partial charge >= 0.3 is 0 Å². The molecule has 0 bridgehead atoms. The van der Waals surface area contributed by atoms with E-state index in [1.54, 1.807) is 13.1 Å². The number of nitrogens with zero attached hydrogens (tertiary/aromatic N) is 3. The molecular formula is C19H25N5O2. The third-order valence-corrected chi connectivity index (χ3v) is 6.17. The first kappa shape index (κ1) is 17.0. The zero-order chi connectivity index (χ0) is 18.3. The van der Waals surface area contributed by atoms with Gasteiger partial charge in [0.05, 0.1) is 5.56 Å². The van der Waals surface area contributed by atoms with Crippen molar-refractivity contribution >= 4 is 22.8 Å². The van der Waals surface area contributed by atoms with Gasteiger partial charge in [-0.2, -0.15) is 5.10 Å². The summed E-state index contributed by atoms with van der Waals surface area (Å²) >= 11 is 0. The van der Waals surface area contributed by atoms with Crippen LogP contribution < -0.4 is 5.32 Å². The van der Waals surface area contributed by atoms with Gasteiger partial charge in [0.2, 0.25) is 5.91 Å². The normalized spacial score (nSPS) is 22.1. The van der Waals surface area contributed by atoms with Gasteiger partial charge in [0, 0.05) is 43.3 Å². The minimum Gasteiger partial charge on any atom is -0.349 e. The van der Waals surface area contributed by atoms with E-state index in [2.05, 4.69) is 20.5 Å². The molecule has 2 N–H and O–H groups in total. The maximum atomic E-state index is 12.7. The maximum absolute atomic E-state index is 12.7. The summed E-state index contributed by atoms with van der Waals surface area (Å²) in [6.45, 7) is 5.25. The summed E-state index contributed by atoms with van der Waals surface area (Å²) < 4.78 is 0. The highest BCUT2D eigenvalue weighted by molar-refractivity contribution is 5.97. The third kappa shape index (κ3) is 3.06. The number of pyridine rings is 1. The second-order valence-electron chi connectivity index (χ2n) is 7.86. The van der Waals surface area contributed by atoms with Crippen LogP contribution in [0.3, 0.4) is 0 Å². The van der Waals surface area contributed by atoms with Gasteiger partial charge in [-0.3, -0.25) is 14.7 Å². The fraction of sp³-hybridized carbons (Fsp3) is 0.579. The van der Waals surface area contributed by atoms with Gasteiger partial charge in [-0.25, -0.2) is 4.98 Å². The molecule has 1 aliphatic carbocycles. The molecule has 2 fully saturated rings. The first-order valence-corrected chi connectivity index (χ1v) is 9.33. The van der Waals surface area contributed by atoms with Crippen molar-refractivity contribution in [3.8, 4) is 0 Å². The molecule has 0 aromatic carbocycles. The van der Waals surface area contributed by atoms with E-state index >= 15 is 0 Å². The molecule has 1 unspecified atom stereocenters. The van der Waals surface area contributed by atoms with Crippen molar-refractivity contribution in [1.29, 1.82) is 0 Å². The van der Waals surface area contributed by atoms with Crippen LogP contribution in [0.4, 0.5) is 0 Å². The fourth-order valence-electron chi connectivity index (χ4n) is 4.49. The highest BCUT2D eigenvalue weighted by atomic mass is 16.2.